The Morgan fingerprint density at radius 1 is 1.19 bits per heavy atom. The number of unbranched alkanes of at least 4 members (excludes halogenated alkanes) is 1. The number of carbonyl (C=O) groups is 1. The fourth-order valence-corrected chi connectivity index (χ4v) is 2.88. The number of rotatable bonds is 9. The van der Waals surface area contributed by atoms with Crippen LogP contribution in [-0.2, 0) is 0 Å². The van der Waals surface area contributed by atoms with Gasteiger partial charge >= 0.3 is 0 Å². The number of nitrogens with zero attached hydrogens (tertiary/aromatic N) is 1. The summed E-state index contributed by atoms with van der Waals surface area (Å²) in [5.41, 5.74) is 1.44. The summed E-state index contributed by atoms with van der Waals surface area (Å²) >= 11 is 1.28. The minimum absolute atomic E-state index is 0.0448. The van der Waals surface area contributed by atoms with Crippen molar-refractivity contribution >= 4 is 23.4 Å². The van der Waals surface area contributed by atoms with Gasteiger partial charge in [0.25, 0.3) is 11.6 Å². The van der Waals surface area contributed by atoms with Crippen molar-refractivity contribution < 1.29 is 14.5 Å². The minimum Gasteiger partial charge on any atom is -0.494 e. The number of carbonyl (C=O) groups excluding carboxylic acids is 1. The van der Waals surface area contributed by atoms with Gasteiger partial charge in [-0.1, -0.05) is 17.7 Å². The summed E-state index contributed by atoms with van der Waals surface area (Å²) < 4.78 is 5.63. The van der Waals surface area contributed by atoms with Gasteiger partial charge in [0.2, 0.25) is 0 Å². The van der Waals surface area contributed by atoms with E-state index in [2.05, 4.69) is 5.32 Å². The summed E-state index contributed by atoms with van der Waals surface area (Å²) in [5, 5.41) is 13.9. The van der Waals surface area contributed by atoms with Crippen LogP contribution in [-0.4, -0.2) is 30.2 Å². The number of thioether (sulfide) groups is 1. The maximum absolute atomic E-state index is 12.1. The average Bonchev–Trinajstić information content (AvgIpc) is 2.65. The van der Waals surface area contributed by atoms with Crippen molar-refractivity contribution in [1.82, 2.24) is 5.32 Å². The molecule has 1 amide bonds. The third-order valence-corrected chi connectivity index (χ3v) is 4.57. The second kappa shape index (κ2) is 9.82. The molecule has 0 bridgehead atoms. The minimum atomic E-state index is -0.467. The van der Waals surface area contributed by atoms with Crippen LogP contribution in [0.4, 0.5) is 5.69 Å². The van der Waals surface area contributed by atoms with Crippen LogP contribution in [0.3, 0.4) is 0 Å². The number of hydrogen-bond donors (Lipinski definition) is 1. The van der Waals surface area contributed by atoms with Gasteiger partial charge in [-0.15, -0.1) is 11.8 Å². The lowest BCUT2D eigenvalue weighted by Crippen LogP contribution is -2.24. The highest BCUT2D eigenvalue weighted by Crippen LogP contribution is 2.28. The van der Waals surface area contributed by atoms with E-state index in [1.54, 1.807) is 18.4 Å². The second-order valence-corrected chi connectivity index (χ2v) is 6.62. The predicted molar refractivity (Wildman–Crippen MR) is 103 cm³/mol. The van der Waals surface area contributed by atoms with Crippen molar-refractivity contribution in [3.05, 3.63) is 63.7 Å². The normalized spacial score (nSPS) is 10.4. The van der Waals surface area contributed by atoms with Crippen molar-refractivity contribution in [3.8, 4) is 5.75 Å². The molecule has 0 atom stereocenters. The van der Waals surface area contributed by atoms with E-state index in [1.807, 2.05) is 31.2 Å². The van der Waals surface area contributed by atoms with Crippen LogP contribution in [0, 0.1) is 17.0 Å². The van der Waals surface area contributed by atoms with Crippen LogP contribution < -0.4 is 10.1 Å². The molecule has 0 saturated heterocycles. The summed E-state index contributed by atoms with van der Waals surface area (Å²) in [7, 11) is 0. The van der Waals surface area contributed by atoms with Gasteiger partial charge in [0.15, 0.2) is 0 Å². The zero-order valence-electron chi connectivity index (χ0n) is 14.9. The summed E-state index contributed by atoms with van der Waals surface area (Å²) in [5.74, 6) is 0.529. The molecule has 0 radical (unpaired) electrons. The van der Waals surface area contributed by atoms with Gasteiger partial charge in [0.1, 0.15) is 5.75 Å². The van der Waals surface area contributed by atoms with Crippen molar-refractivity contribution in [2.45, 2.75) is 24.7 Å². The van der Waals surface area contributed by atoms with Gasteiger partial charge in [0, 0.05) is 18.2 Å². The highest BCUT2D eigenvalue weighted by atomic mass is 32.2. The molecule has 138 valence electrons. The van der Waals surface area contributed by atoms with Gasteiger partial charge in [0.05, 0.1) is 16.4 Å². The number of nitro groups is 1. The van der Waals surface area contributed by atoms with Gasteiger partial charge in [-0.3, -0.25) is 14.9 Å². The van der Waals surface area contributed by atoms with E-state index in [9.17, 15) is 14.9 Å². The number of hydrogen-bond acceptors (Lipinski definition) is 5. The number of benzene rings is 2. The Balaban J connectivity index is 1.74. The summed E-state index contributed by atoms with van der Waals surface area (Å²) in [6, 6.07) is 12.4. The zero-order valence-corrected chi connectivity index (χ0v) is 15.7. The molecular formula is C19H22N2O4S. The van der Waals surface area contributed by atoms with E-state index in [0.717, 1.165) is 18.6 Å². The van der Waals surface area contributed by atoms with Crippen molar-refractivity contribution in [1.29, 1.82) is 0 Å². The fourth-order valence-electron chi connectivity index (χ4n) is 2.33. The predicted octanol–water partition coefficient (Wildman–Crippen LogP) is 4.21. The van der Waals surface area contributed by atoms with E-state index < -0.39 is 4.92 Å². The molecule has 0 aliphatic heterocycles. The smallest absolute Gasteiger partial charge is 0.283 e. The Kier molecular flexibility index (Phi) is 7.47. The number of nitrogens with one attached hydrogen (secondary N) is 1. The number of ether oxygens (including phenoxy) is 1. The molecule has 2 rings (SSSR count). The Hall–Kier alpha value is -2.54. The maximum Gasteiger partial charge on any atom is 0.283 e. The second-order valence-electron chi connectivity index (χ2n) is 5.77. The molecule has 6 nitrogen and oxygen atoms in total. The average molecular weight is 374 g/mol. The first kappa shape index (κ1) is 19.8. The van der Waals surface area contributed by atoms with E-state index in [4.69, 9.17) is 4.74 Å². The zero-order chi connectivity index (χ0) is 18.9. The third kappa shape index (κ3) is 5.77. The molecule has 0 spiro atoms. The summed E-state index contributed by atoms with van der Waals surface area (Å²) in [6.45, 7) is 3.09. The van der Waals surface area contributed by atoms with Crippen molar-refractivity contribution in [3.63, 3.8) is 0 Å². The molecule has 0 heterocycles. The third-order valence-electron chi connectivity index (χ3n) is 3.78. The van der Waals surface area contributed by atoms with Crippen LogP contribution in [0.2, 0.25) is 0 Å². The first-order valence-corrected chi connectivity index (χ1v) is 9.54. The molecule has 26 heavy (non-hydrogen) atoms. The molecule has 0 saturated carbocycles. The van der Waals surface area contributed by atoms with Crippen LogP contribution in [0.5, 0.6) is 5.75 Å². The standard InChI is InChI=1S/C19H22N2O4S/c1-14-5-8-16(9-6-14)25-12-4-3-11-20-19(22)15-7-10-18(26-2)17(13-15)21(23)24/h5-10,13H,3-4,11-12H2,1-2H3,(H,20,22). The lowest BCUT2D eigenvalue weighted by Gasteiger charge is -2.08. The van der Waals surface area contributed by atoms with Gasteiger partial charge in [-0.05, 0) is 50.3 Å². The highest BCUT2D eigenvalue weighted by Gasteiger charge is 2.16. The molecule has 0 fully saturated rings. The molecule has 2 aromatic rings. The first-order chi connectivity index (χ1) is 12.5. The van der Waals surface area contributed by atoms with Crippen LogP contribution in [0.15, 0.2) is 47.4 Å². The maximum atomic E-state index is 12.1. The quantitative estimate of drug-likeness (QED) is 0.308. The molecular weight excluding hydrogens is 352 g/mol. The molecule has 0 aliphatic carbocycles. The van der Waals surface area contributed by atoms with E-state index in [0.29, 0.717) is 23.6 Å². The molecule has 0 unspecified atom stereocenters. The number of amides is 1. The van der Waals surface area contributed by atoms with Crippen molar-refractivity contribution in [2.24, 2.45) is 0 Å². The largest absolute Gasteiger partial charge is 0.494 e. The number of aryl methyl sites for hydroxylation is 1. The highest BCUT2D eigenvalue weighted by molar-refractivity contribution is 7.98. The summed E-state index contributed by atoms with van der Waals surface area (Å²) in [6.07, 6.45) is 3.34. The Morgan fingerprint density at radius 2 is 1.92 bits per heavy atom. The SMILES string of the molecule is CSc1ccc(C(=O)NCCCCOc2ccc(C)cc2)cc1[N+](=O)[O-]. The van der Waals surface area contributed by atoms with Gasteiger partial charge < -0.3 is 10.1 Å². The summed E-state index contributed by atoms with van der Waals surface area (Å²) in [4.78, 5) is 23.3. The molecule has 2 aromatic carbocycles. The molecule has 0 aromatic heterocycles. The van der Waals surface area contributed by atoms with Crippen LogP contribution in [0.25, 0.3) is 0 Å². The fraction of sp³-hybridized carbons (Fsp3) is 0.316. The van der Waals surface area contributed by atoms with E-state index in [1.165, 1.54) is 23.4 Å². The first-order valence-electron chi connectivity index (χ1n) is 8.31. The molecule has 0 aliphatic rings. The van der Waals surface area contributed by atoms with Crippen LogP contribution in [0.1, 0.15) is 28.8 Å². The van der Waals surface area contributed by atoms with Crippen LogP contribution >= 0.6 is 11.8 Å². The Morgan fingerprint density at radius 3 is 2.58 bits per heavy atom. The lowest BCUT2D eigenvalue weighted by atomic mass is 10.2. The Labute approximate surface area is 157 Å². The van der Waals surface area contributed by atoms with E-state index >= 15 is 0 Å². The number of nitro benzene ring substituents is 1. The van der Waals surface area contributed by atoms with Gasteiger partial charge in [-0.2, -0.15) is 0 Å². The van der Waals surface area contributed by atoms with E-state index in [-0.39, 0.29) is 11.6 Å². The van der Waals surface area contributed by atoms with Crippen molar-refractivity contribution in [2.75, 3.05) is 19.4 Å². The molecule has 7 heteroatoms. The topological polar surface area (TPSA) is 81.5 Å². The monoisotopic (exact) mass is 374 g/mol. The van der Waals surface area contributed by atoms with Gasteiger partial charge in [-0.25, -0.2) is 0 Å². The molecule has 1 N–H and O–H groups in total. The lowest BCUT2D eigenvalue weighted by molar-refractivity contribution is -0.387. The Bertz CT molecular complexity index is 763.